The Morgan fingerprint density at radius 3 is 2.60 bits per heavy atom. The molecule has 3 nitrogen and oxygen atoms in total. The van der Waals surface area contributed by atoms with Gasteiger partial charge in [0.1, 0.15) is 16.5 Å². The Kier molecular flexibility index (Phi) is 5.20. The van der Waals surface area contributed by atoms with E-state index in [2.05, 4.69) is 0 Å². The van der Waals surface area contributed by atoms with Crippen molar-refractivity contribution in [2.24, 2.45) is 0 Å². The van der Waals surface area contributed by atoms with Crippen molar-refractivity contribution in [1.29, 1.82) is 0 Å². The molecule has 0 radical (unpaired) electrons. The van der Waals surface area contributed by atoms with Crippen molar-refractivity contribution in [2.75, 3.05) is 6.54 Å². The van der Waals surface area contributed by atoms with Gasteiger partial charge in [-0.3, -0.25) is 0 Å². The summed E-state index contributed by atoms with van der Waals surface area (Å²) in [6.07, 6.45) is 3.19. The van der Waals surface area contributed by atoms with Gasteiger partial charge in [0.15, 0.2) is 0 Å². The third-order valence-corrected chi connectivity index (χ3v) is 6.53. The first-order chi connectivity index (χ1) is 11.9. The molecule has 25 heavy (non-hydrogen) atoms. The Morgan fingerprint density at radius 2 is 1.84 bits per heavy atom. The SMILES string of the molecule is Cc1cccc([C@H]2CCCCCN2S(=O)(=O)c2cc(F)ccc2F)c1. The first kappa shape index (κ1) is 18.0. The molecule has 1 atom stereocenters. The number of nitrogens with zero attached hydrogens (tertiary/aromatic N) is 1. The van der Waals surface area contributed by atoms with Crippen LogP contribution in [0.2, 0.25) is 0 Å². The highest BCUT2D eigenvalue weighted by molar-refractivity contribution is 7.89. The summed E-state index contributed by atoms with van der Waals surface area (Å²) in [5, 5.41) is 0. The summed E-state index contributed by atoms with van der Waals surface area (Å²) in [7, 11) is -4.13. The molecule has 6 heteroatoms. The van der Waals surface area contributed by atoms with Gasteiger partial charge in [-0.2, -0.15) is 4.31 Å². The molecule has 0 aromatic heterocycles. The zero-order chi connectivity index (χ0) is 18.0. The van der Waals surface area contributed by atoms with Crippen LogP contribution in [0, 0.1) is 18.6 Å². The molecular formula is C19H21F2NO2S. The number of sulfonamides is 1. The molecule has 0 spiro atoms. The number of rotatable bonds is 3. The molecule has 134 valence electrons. The lowest BCUT2D eigenvalue weighted by Gasteiger charge is -2.30. The standard InChI is InChI=1S/C19H21F2NO2S/c1-14-6-5-7-15(12-14)18-8-3-2-4-11-22(18)25(23,24)19-13-16(20)9-10-17(19)21/h5-7,9-10,12-13,18H,2-4,8,11H2,1H3/t18-/m1/s1. The molecule has 2 aromatic carbocycles. The van der Waals surface area contributed by atoms with Gasteiger partial charge in [0.05, 0.1) is 6.04 Å². The van der Waals surface area contributed by atoms with Crippen LogP contribution < -0.4 is 0 Å². The molecule has 1 aliphatic heterocycles. The molecule has 0 aliphatic carbocycles. The second kappa shape index (κ2) is 7.22. The van der Waals surface area contributed by atoms with Crippen LogP contribution in [-0.2, 0) is 10.0 Å². The zero-order valence-electron chi connectivity index (χ0n) is 14.1. The second-order valence-corrected chi connectivity index (χ2v) is 8.33. The van der Waals surface area contributed by atoms with Crippen LogP contribution in [0.15, 0.2) is 47.4 Å². The summed E-state index contributed by atoms with van der Waals surface area (Å²) in [4.78, 5) is -0.591. The van der Waals surface area contributed by atoms with Gasteiger partial charge in [-0.05, 0) is 43.5 Å². The van der Waals surface area contributed by atoms with E-state index in [1.165, 1.54) is 4.31 Å². The number of hydrogen-bond donors (Lipinski definition) is 0. The first-order valence-electron chi connectivity index (χ1n) is 8.43. The fourth-order valence-electron chi connectivity index (χ4n) is 3.38. The number of benzene rings is 2. The van der Waals surface area contributed by atoms with Crippen molar-refractivity contribution in [3.05, 3.63) is 65.2 Å². The molecule has 1 aliphatic rings. The Bertz CT molecular complexity index is 867. The van der Waals surface area contributed by atoms with Crippen molar-refractivity contribution in [2.45, 2.75) is 43.5 Å². The molecular weight excluding hydrogens is 344 g/mol. The summed E-state index contributed by atoms with van der Waals surface area (Å²) < 4.78 is 55.2. The lowest BCUT2D eigenvalue weighted by molar-refractivity contribution is 0.327. The summed E-state index contributed by atoms with van der Waals surface area (Å²) in [5.74, 6) is -1.68. The lowest BCUT2D eigenvalue weighted by atomic mass is 10.0. The van der Waals surface area contributed by atoms with Crippen molar-refractivity contribution < 1.29 is 17.2 Å². The highest BCUT2D eigenvalue weighted by Gasteiger charge is 2.35. The van der Waals surface area contributed by atoms with E-state index in [0.717, 1.165) is 42.2 Å². The molecule has 1 heterocycles. The Morgan fingerprint density at radius 1 is 1.04 bits per heavy atom. The highest BCUT2D eigenvalue weighted by Crippen LogP contribution is 2.35. The molecule has 0 unspecified atom stereocenters. The van der Waals surface area contributed by atoms with Gasteiger partial charge in [0, 0.05) is 6.54 Å². The third-order valence-electron chi connectivity index (χ3n) is 4.61. The van der Waals surface area contributed by atoms with Crippen LogP contribution in [0.3, 0.4) is 0 Å². The Balaban J connectivity index is 2.08. The molecule has 1 saturated heterocycles. The number of hydrogen-bond acceptors (Lipinski definition) is 2. The predicted octanol–water partition coefficient (Wildman–Crippen LogP) is 4.58. The minimum atomic E-state index is -4.13. The number of halogens is 2. The molecule has 0 N–H and O–H groups in total. The molecule has 3 rings (SSSR count). The van der Waals surface area contributed by atoms with Gasteiger partial charge in [-0.25, -0.2) is 17.2 Å². The summed E-state index contributed by atoms with van der Waals surface area (Å²) in [6.45, 7) is 2.25. The Hall–Kier alpha value is -1.79. The predicted molar refractivity (Wildman–Crippen MR) is 92.6 cm³/mol. The molecule has 0 amide bonds. The van der Waals surface area contributed by atoms with E-state index in [-0.39, 0.29) is 6.04 Å². The monoisotopic (exact) mass is 365 g/mol. The average Bonchev–Trinajstić information content (AvgIpc) is 2.83. The van der Waals surface area contributed by atoms with E-state index in [1.54, 1.807) is 0 Å². The van der Waals surface area contributed by atoms with Gasteiger partial charge in [-0.15, -0.1) is 0 Å². The van der Waals surface area contributed by atoms with E-state index in [0.29, 0.717) is 19.4 Å². The van der Waals surface area contributed by atoms with E-state index in [1.807, 2.05) is 31.2 Å². The second-order valence-electron chi connectivity index (χ2n) is 6.47. The fraction of sp³-hybridized carbons (Fsp3) is 0.368. The van der Waals surface area contributed by atoms with Gasteiger partial charge < -0.3 is 0 Å². The van der Waals surface area contributed by atoms with E-state index < -0.39 is 26.6 Å². The highest BCUT2D eigenvalue weighted by atomic mass is 32.2. The van der Waals surface area contributed by atoms with Crippen LogP contribution in [0.25, 0.3) is 0 Å². The van der Waals surface area contributed by atoms with Crippen LogP contribution in [0.4, 0.5) is 8.78 Å². The van der Waals surface area contributed by atoms with Crippen molar-refractivity contribution >= 4 is 10.0 Å². The minimum absolute atomic E-state index is 0.302. The largest absolute Gasteiger partial charge is 0.246 e. The topological polar surface area (TPSA) is 37.4 Å². The van der Waals surface area contributed by atoms with Gasteiger partial charge in [0.2, 0.25) is 10.0 Å². The van der Waals surface area contributed by atoms with Crippen LogP contribution in [0.1, 0.15) is 42.9 Å². The molecule has 0 saturated carbocycles. The van der Waals surface area contributed by atoms with Gasteiger partial charge in [-0.1, -0.05) is 42.7 Å². The van der Waals surface area contributed by atoms with Crippen LogP contribution in [-0.4, -0.2) is 19.3 Å². The van der Waals surface area contributed by atoms with Gasteiger partial charge in [0.25, 0.3) is 0 Å². The summed E-state index contributed by atoms with van der Waals surface area (Å²) in [5.41, 5.74) is 1.93. The smallest absolute Gasteiger partial charge is 0.207 e. The maximum absolute atomic E-state index is 14.1. The summed E-state index contributed by atoms with van der Waals surface area (Å²) >= 11 is 0. The third kappa shape index (κ3) is 3.75. The van der Waals surface area contributed by atoms with E-state index in [4.69, 9.17) is 0 Å². The van der Waals surface area contributed by atoms with Crippen molar-refractivity contribution in [3.63, 3.8) is 0 Å². The van der Waals surface area contributed by atoms with Crippen LogP contribution in [0.5, 0.6) is 0 Å². The normalized spacial score (nSPS) is 19.6. The number of aryl methyl sites for hydroxylation is 1. The minimum Gasteiger partial charge on any atom is -0.207 e. The van der Waals surface area contributed by atoms with Crippen molar-refractivity contribution in [3.8, 4) is 0 Å². The average molecular weight is 365 g/mol. The Labute approximate surface area is 147 Å². The zero-order valence-corrected chi connectivity index (χ0v) is 14.9. The van der Waals surface area contributed by atoms with E-state index >= 15 is 0 Å². The van der Waals surface area contributed by atoms with Gasteiger partial charge >= 0.3 is 0 Å². The molecule has 1 fully saturated rings. The molecule has 0 bridgehead atoms. The first-order valence-corrected chi connectivity index (χ1v) is 9.87. The maximum atomic E-state index is 14.1. The fourth-order valence-corrected chi connectivity index (χ4v) is 5.14. The molecule has 2 aromatic rings. The maximum Gasteiger partial charge on any atom is 0.246 e. The van der Waals surface area contributed by atoms with Crippen molar-refractivity contribution in [1.82, 2.24) is 4.31 Å². The van der Waals surface area contributed by atoms with E-state index in [9.17, 15) is 17.2 Å². The van der Waals surface area contributed by atoms with Crippen LogP contribution >= 0.6 is 0 Å². The lowest BCUT2D eigenvalue weighted by Crippen LogP contribution is -2.35. The summed E-state index contributed by atoms with van der Waals surface area (Å²) in [6, 6.07) is 9.89. The quantitative estimate of drug-likeness (QED) is 0.798.